The number of phenolic OH excluding ortho intramolecular Hbond substituents is 1. The van der Waals surface area contributed by atoms with Crippen LogP contribution in [-0.4, -0.2) is 53.9 Å². The minimum atomic E-state index is -1.00. The van der Waals surface area contributed by atoms with Gasteiger partial charge in [0, 0.05) is 30.4 Å². The van der Waals surface area contributed by atoms with Crippen molar-refractivity contribution in [3.8, 4) is 5.75 Å². The van der Waals surface area contributed by atoms with Crippen LogP contribution in [0.15, 0.2) is 35.4 Å². The van der Waals surface area contributed by atoms with E-state index in [2.05, 4.69) is 5.32 Å². The van der Waals surface area contributed by atoms with Crippen LogP contribution in [0.4, 0.5) is 10.5 Å². The van der Waals surface area contributed by atoms with Crippen LogP contribution in [0.3, 0.4) is 0 Å². The van der Waals surface area contributed by atoms with Gasteiger partial charge in [0.05, 0.1) is 18.1 Å². The van der Waals surface area contributed by atoms with Gasteiger partial charge in [-0.2, -0.15) is 0 Å². The predicted molar refractivity (Wildman–Crippen MR) is 150 cm³/mol. The number of primary amides is 1. The molecule has 0 spiro atoms. The number of carbonyl (C=O) groups excluding carboxylic acids is 3. The fraction of sp³-hybridized carbons (Fsp3) is 0.567. The first kappa shape index (κ1) is 32.0. The van der Waals surface area contributed by atoms with Crippen LogP contribution in [-0.2, 0) is 31.9 Å². The molecule has 39 heavy (non-hydrogen) atoms. The molecule has 1 aliphatic rings. The number of amides is 2. The fourth-order valence-corrected chi connectivity index (χ4v) is 5.30. The quantitative estimate of drug-likeness (QED) is 0.323. The fourth-order valence-electron chi connectivity index (χ4n) is 5.30. The van der Waals surface area contributed by atoms with Gasteiger partial charge < -0.3 is 35.5 Å². The van der Waals surface area contributed by atoms with E-state index in [1.807, 2.05) is 26.8 Å². The highest BCUT2D eigenvalue weighted by molar-refractivity contribution is 6.03. The first-order valence-electron chi connectivity index (χ1n) is 13.5. The second kappa shape index (κ2) is 14.8. The average Bonchev–Trinajstić information content (AvgIpc) is 2.87. The number of carbonyl (C=O) groups is 3. The number of anilines is 1. The molecule has 1 heterocycles. The third-order valence-corrected chi connectivity index (χ3v) is 7.45. The van der Waals surface area contributed by atoms with E-state index in [4.69, 9.17) is 15.2 Å². The molecular weight excluding hydrogens is 500 g/mol. The van der Waals surface area contributed by atoms with Crippen LogP contribution in [0.5, 0.6) is 5.75 Å². The van der Waals surface area contributed by atoms with E-state index in [1.54, 1.807) is 39.2 Å². The van der Waals surface area contributed by atoms with Gasteiger partial charge in [0.25, 0.3) is 5.91 Å². The van der Waals surface area contributed by atoms with Crippen molar-refractivity contribution in [2.45, 2.75) is 85.0 Å². The number of ether oxygens (including phenoxy) is 2. The van der Waals surface area contributed by atoms with Gasteiger partial charge >= 0.3 is 6.09 Å². The summed E-state index contributed by atoms with van der Waals surface area (Å²) in [6.07, 6.45) is 3.42. The van der Waals surface area contributed by atoms with Crippen molar-refractivity contribution >= 4 is 24.0 Å². The summed E-state index contributed by atoms with van der Waals surface area (Å²) in [5.74, 6) is -1.20. The smallest absolute Gasteiger partial charge is 0.405 e. The van der Waals surface area contributed by atoms with E-state index in [9.17, 15) is 24.6 Å². The number of allylic oxidation sites excluding steroid dienone is 1. The summed E-state index contributed by atoms with van der Waals surface area (Å²) in [7, 11) is 1.55. The maximum absolute atomic E-state index is 12.9. The molecule has 0 unspecified atom stereocenters. The highest BCUT2D eigenvalue weighted by Crippen LogP contribution is 2.31. The summed E-state index contributed by atoms with van der Waals surface area (Å²) >= 11 is 0. The predicted octanol–water partition coefficient (Wildman–Crippen LogP) is 4.44. The summed E-state index contributed by atoms with van der Waals surface area (Å²) in [5.41, 5.74) is 8.58. The maximum atomic E-state index is 12.9. The molecule has 0 fully saturated rings. The van der Waals surface area contributed by atoms with Gasteiger partial charge in [-0.1, -0.05) is 32.9 Å². The Morgan fingerprint density at radius 3 is 2.54 bits per heavy atom. The van der Waals surface area contributed by atoms with Gasteiger partial charge in [0.2, 0.25) is 0 Å². The minimum absolute atomic E-state index is 0.0756. The summed E-state index contributed by atoms with van der Waals surface area (Å²) in [6, 6.07) is 3.43. The lowest BCUT2D eigenvalue weighted by Crippen LogP contribution is -2.36. The molecule has 0 radical (unpaired) electrons. The molecule has 1 aromatic rings. The molecule has 0 aliphatic carbocycles. The lowest BCUT2D eigenvalue weighted by molar-refractivity contribution is -0.114. The van der Waals surface area contributed by atoms with Crippen molar-refractivity contribution in [3.05, 3.63) is 46.6 Å². The van der Waals surface area contributed by atoms with Gasteiger partial charge in [-0.25, -0.2) is 4.79 Å². The topological polar surface area (TPSA) is 148 Å². The molecule has 2 rings (SSSR count). The Kier molecular flexibility index (Phi) is 12.2. The number of hydrogen-bond donors (Lipinski definition) is 4. The van der Waals surface area contributed by atoms with E-state index in [0.717, 1.165) is 17.4 Å². The molecule has 9 nitrogen and oxygen atoms in total. The standard InChI is InChI=1S/C30H44N2O7/c1-7-24-22-11-17(2)12-26(38-6)27(35)19(4)13-20(5)28(39-30(31)37)21(16-33)10-8-9-18(3)29(36)32-23(14-22)15-25(24)34/h9,13-17,19,21,26-28,34-35H,7-8,10-12H2,1-6H3,(H2,31,37)(H,32,36)/b18-9+,20-13+/t17-,19+,21-,26+,27-,28+/m1/s1. The van der Waals surface area contributed by atoms with Crippen LogP contribution in [0.2, 0.25) is 0 Å². The highest BCUT2D eigenvalue weighted by Gasteiger charge is 2.30. The highest BCUT2D eigenvalue weighted by atomic mass is 16.6. The Hall–Kier alpha value is -3.17. The third kappa shape index (κ3) is 8.93. The number of rotatable bonds is 4. The lowest BCUT2D eigenvalue weighted by atomic mass is 9.86. The first-order chi connectivity index (χ1) is 18.4. The number of aliphatic hydroxyl groups excluding tert-OH is 1. The van der Waals surface area contributed by atoms with Gasteiger partial charge in [0.1, 0.15) is 18.1 Å². The molecule has 1 aliphatic heterocycles. The summed E-state index contributed by atoms with van der Waals surface area (Å²) in [4.78, 5) is 36.6. The number of benzene rings is 1. The number of aldehydes is 1. The zero-order chi connectivity index (χ0) is 29.3. The number of nitrogens with one attached hydrogen (secondary N) is 1. The monoisotopic (exact) mass is 544 g/mol. The first-order valence-corrected chi connectivity index (χ1v) is 13.5. The molecule has 0 aromatic heterocycles. The van der Waals surface area contributed by atoms with Crippen molar-refractivity contribution in [2.75, 3.05) is 12.4 Å². The van der Waals surface area contributed by atoms with E-state index in [0.29, 0.717) is 48.9 Å². The van der Waals surface area contributed by atoms with Gasteiger partial charge in [-0.05, 0) is 74.6 Å². The molecule has 1 aromatic carbocycles. The van der Waals surface area contributed by atoms with Gasteiger partial charge in [0.15, 0.2) is 0 Å². The Balaban J connectivity index is 2.54. The van der Waals surface area contributed by atoms with Crippen molar-refractivity contribution in [2.24, 2.45) is 23.5 Å². The molecule has 2 bridgehead atoms. The van der Waals surface area contributed by atoms with Crippen molar-refractivity contribution in [3.63, 3.8) is 0 Å². The van der Waals surface area contributed by atoms with E-state index >= 15 is 0 Å². The largest absolute Gasteiger partial charge is 0.508 e. The van der Waals surface area contributed by atoms with Gasteiger partial charge in [-0.3, -0.25) is 4.79 Å². The molecule has 6 atom stereocenters. The molecule has 5 N–H and O–H groups in total. The number of aliphatic hydroxyl groups is 1. The normalized spacial score (nSPS) is 30.3. The second-order valence-corrected chi connectivity index (χ2v) is 10.6. The molecule has 216 valence electrons. The lowest BCUT2D eigenvalue weighted by Gasteiger charge is -2.29. The van der Waals surface area contributed by atoms with Crippen LogP contribution >= 0.6 is 0 Å². The summed E-state index contributed by atoms with van der Waals surface area (Å²) in [6.45, 7) is 9.27. The van der Waals surface area contributed by atoms with Gasteiger partial charge in [-0.15, -0.1) is 0 Å². The maximum Gasteiger partial charge on any atom is 0.405 e. The van der Waals surface area contributed by atoms with Crippen LogP contribution < -0.4 is 11.1 Å². The summed E-state index contributed by atoms with van der Waals surface area (Å²) in [5, 5.41) is 24.7. The molecule has 9 heteroatoms. The van der Waals surface area contributed by atoms with Crippen LogP contribution in [0.25, 0.3) is 0 Å². The zero-order valence-electron chi connectivity index (χ0n) is 23.9. The number of hydrogen-bond acceptors (Lipinski definition) is 7. The van der Waals surface area contributed by atoms with E-state index in [-0.39, 0.29) is 23.5 Å². The second-order valence-electron chi connectivity index (χ2n) is 10.6. The van der Waals surface area contributed by atoms with E-state index in [1.165, 1.54) is 0 Å². The van der Waals surface area contributed by atoms with Crippen molar-refractivity contribution in [1.29, 1.82) is 0 Å². The number of phenols is 1. The molecule has 0 saturated heterocycles. The molecular formula is C30H44N2O7. The number of aromatic hydroxyl groups is 1. The Morgan fingerprint density at radius 1 is 1.26 bits per heavy atom. The van der Waals surface area contributed by atoms with Crippen LogP contribution in [0.1, 0.15) is 65.0 Å². The number of nitrogens with two attached hydrogens (primary N) is 1. The summed E-state index contributed by atoms with van der Waals surface area (Å²) < 4.78 is 11.0. The zero-order valence-corrected chi connectivity index (χ0v) is 23.9. The van der Waals surface area contributed by atoms with Crippen molar-refractivity contribution in [1.82, 2.24) is 0 Å². The number of methoxy groups -OCH3 is 1. The van der Waals surface area contributed by atoms with Crippen LogP contribution in [0, 0.1) is 17.8 Å². The molecule has 2 amide bonds. The van der Waals surface area contributed by atoms with E-state index < -0.39 is 30.3 Å². The van der Waals surface area contributed by atoms with Crippen molar-refractivity contribution < 1.29 is 34.1 Å². The average molecular weight is 545 g/mol. The number of fused-ring (bicyclic) bond motifs is 2. The Labute approximate surface area is 231 Å². The SMILES string of the molecule is CCc1c(O)cc2cc1C[C@@H](C)C[C@H](OC)[C@H](O)[C@@H](C)/C=C(\C)[C@H](OC(N)=O)[C@@H](C=O)CC/C=C(\C)C(=O)N2. The Morgan fingerprint density at radius 2 is 1.95 bits per heavy atom. The third-order valence-electron chi connectivity index (χ3n) is 7.45. The minimum Gasteiger partial charge on any atom is -0.508 e. The Bertz CT molecular complexity index is 1080. The molecule has 0 saturated carbocycles.